The fourth-order valence-corrected chi connectivity index (χ4v) is 2.35. The Morgan fingerprint density at radius 3 is 1.97 bits per heavy atom. The molecule has 172 valence electrons. The number of aliphatic hydroxyl groups is 1. The van der Waals surface area contributed by atoms with Crippen molar-refractivity contribution < 1.29 is 39.3 Å². The molecule has 0 saturated carbocycles. The topological polar surface area (TPSA) is 234 Å². The van der Waals surface area contributed by atoms with Gasteiger partial charge in [-0.15, -0.1) is 0 Å². The van der Waals surface area contributed by atoms with Crippen molar-refractivity contribution in [3.05, 3.63) is 0 Å². The average Bonchev–Trinajstić information content (AvgIpc) is 2.64. The lowest BCUT2D eigenvalue weighted by atomic mass is 10.1. The Kier molecular flexibility index (Phi) is 12.2. The largest absolute Gasteiger partial charge is 0.481 e. The Balaban J connectivity index is 5.00. The van der Waals surface area contributed by atoms with Gasteiger partial charge in [0.2, 0.25) is 17.7 Å². The van der Waals surface area contributed by atoms with Gasteiger partial charge in [0, 0.05) is 0 Å². The molecule has 10 N–H and O–H groups in total. The molecule has 0 fully saturated rings. The smallest absolute Gasteiger partial charge is 0.328 e. The molecule has 0 bridgehead atoms. The van der Waals surface area contributed by atoms with Crippen LogP contribution < -0.4 is 27.4 Å². The Hall–Kier alpha value is -2.77. The molecule has 5 unspecified atom stereocenters. The predicted octanol–water partition coefficient (Wildman–Crippen LogP) is -3.14. The van der Waals surface area contributed by atoms with Gasteiger partial charge in [-0.1, -0.05) is 6.42 Å². The first-order valence-electron chi connectivity index (χ1n) is 9.40. The van der Waals surface area contributed by atoms with Crippen LogP contribution in [0, 0.1) is 0 Å². The number of amides is 3. The Morgan fingerprint density at radius 1 is 0.900 bits per heavy atom. The van der Waals surface area contributed by atoms with Gasteiger partial charge in [0.25, 0.3) is 0 Å². The van der Waals surface area contributed by atoms with Crippen molar-refractivity contribution in [2.75, 3.05) is 6.54 Å². The molecule has 0 saturated heterocycles. The average molecular weight is 433 g/mol. The minimum atomic E-state index is -1.70. The van der Waals surface area contributed by atoms with Crippen LogP contribution in [0.2, 0.25) is 0 Å². The van der Waals surface area contributed by atoms with Crippen molar-refractivity contribution in [1.82, 2.24) is 16.0 Å². The van der Waals surface area contributed by atoms with E-state index in [-0.39, 0.29) is 0 Å². The molecule has 0 aromatic carbocycles. The van der Waals surface area contributed by atoms with E-state index < -0.39 is 66.4 Å². The summed E-state index contributed by atoms with van der Waals surface area (Å²) in [4.78, 5) is 58.7. The van der Waals surface area contributed by atoms with Crippen molar-refractivity contribution in [3.63, 3.8) is 0 Å². The molecule has 5 atom stereocenters. The summed E-state index contributed by atoms with van der Waals surface area (Å²) in [5.41, 5.74) is 11.1. The van der Waals surface area contributed by atoms with Crippen molar-refractivity contribution in [3.8, 4) is 0 Å². The molecule has 0 aliphatic rings. The molecule has 0 rings (SSSR count). The molecule has 0 aromatic heterocycles. The molecule has 30 heavy (non-hydrogen) atoms. The summed E-state index contributed by atoms with van der Waals surface area (Å²) in [6, 6.07) is -5.34. The SMILES string of the molecule is CC(NC(=O)C(N)CCCCN)C(=O)NC(CC(=O)O)C(=O)NC(C(=O)O)C(C)O. The highest BCUT2D eigenvalue weighted by Gasteiger charge is 2.32. The normalized spacial score (nSPS) is 15.8. The summed E-state index contributed by atoms with van der Waals surface area (Å²) in [5, 5.41) is 33.9. The number of aliphatic carboxylic acids is 2. The highest BCUT2D eigenvalue weighted by atomic mass is 16.4. The van der Waals surface area contributed by atoms with Crippen LogP contribution in [0.3, 0.4) is 0 Å². The number of carbonyl (C=O) groups excluding carboxylic acids is 3. The third-order valence-electron chi connectivity index (χ3n) is 4.12. The van der Waals surface area contributed by atoms with Gasteiger partial charge in [0.1, 0.15) is 12.1 Å². The fourth-order valence-electron chi connectivity index (χ4n) is 2.35. The minimum Gasteiger partial charge on any atom is -0.481 e. The van der Waals surface area contributed by atoms with Crippen molar-refractivity contribution in [2.24, 2.45) is 11.5 Å². The first kappa shape index (κ1) is 27.2. The predicted molar refractivity (Wildman–Crippen MR) is 104 cm³/mol. The van der Waals surface area contributed by atoms with E-state index in [0.29, 0.717) is 25.8 Å². The highest BCUT2D eigenvalue weighted by molar-refractivity contribution is 5.95. The van der Waals surface area contributed by atoms with E-state index in [1.807, 2.05) is 5.32 Å². The van der Waals surface area contributed by atoms with E-state index in [2.05, 4.69) is 10.6 Å². The quantitative estimate of drug-likeness (QED) is 0.128. The van der Waals surface area contributed by atoms with Gasteiger partial charge in [0.05, 0.1) is 18.6 Å². The molecule has 0 aliphatic carbocycles. The number of unbranched alkanes of at least 4 members (excludes halogenated alkanes) is 1. The van der Waals surface area contributed by atoms with E-state index >= 15 is 0 Å². The van der Waals surface area contributed by atoms with Crippen LogP contribution >= 0.6 is 0 Å². The number of carboxylic acids is 2. The number of rotatable bonds is 14. The maximum atomic E-state index is 12.3. The highest BCUT2D eigenvalue weighted by Crippen LogP contribution is 2.01. The lowest BCUT2D eigenvalue weighted by Gasteiger charge is -2.23. The van der Waals surface area contributed by atoms with E-state index in [4.69, 9.17) is 21.7 Å². The standard InChI is InChI=1S/C17H31N5O8/c1-8(20-15(27)10(19)5-3-4-6-18)14(26)21-11(7-12(24)25)16(28)22-13(9(2)23)17(29)30/h8-11,13,23H,3-7,18-19H2,1-2H3,(H,20,27)(H,21,26)(H,22,28)(H,24,25)(H,29,30). The van der Waals surface area contributed by atoms with Crippen LogP contribution in [0.4, 0.5) is 0 Å². The van der Waals surface area contributed by atoms with Crippen LogP contribution in [0.15, 0.2) is 0 Å². The van der Waals surface area contributed by atoms with Crippen LogP contribution in [-0.2, 0) is 24.0 Å². The van der Waals surface area contributed by atoms with Gasteiger partial charge in [-0.05, 0) is 33.2 Å². The van der Waals surface area contributed by atoms with Gasteiger partial charge < -0.3 is 42.7 Å². The van der Waals surface area contributed by atoms with Crippen LogP contribution in [0.1, 0.15) is 39.5 Å². The monoisotopic (exact) mass is 433 g/mol. The number of aliphatic hydroxyl groups excluding tert-OH is 1. The van der Waals surface area contributed by atoms with Gasteiger partial charge in [0.15, 0.2) is 6.04 Å². The molecule has 0 aromatic rings. The maximum Gasteiger partial charge on any atom is 0.328 e. The van der Waals surface area contributed by atoms with Gasteiger partial charge in [-0.2, -0.15) is 0 Å². The zero-order valence-corrected chi connectivity index (χ0v) is 17.0. The Bertz CT molecular complexity index is 627. The van der Waals surface area contributed by atoms with E-state index in [1.165, 1.54) is 6.92 Å². The number of carbonyl (C=O) groups is 5. The Morgan fingerprint density at radius 2 is 1.50 bits per heavy atom. The lowest BCUT2D eigenvalue weighted by Crippen LogP contribution is -2.58. The molecule has 0 radical (unpaired) electrons. The first-order valence-corrected chi connectivity index (χ1v) is 9.40. The summed E-state index contributed by atoms with van der Waals surface area (Å²) in [6.45, 7) is 2.89. The molecular weight excluding hydrogens is 402 g/mol. The minimum absolute atomic E-state index is 0.358. The number of hydrogen-bond acceptors (Lipinski definition) is 8. The second-order valence-corrected chi connectivity index (χ2v) is 6.85. The third kappa shape index (κ3) is 10.1. The molecule has 13 nitrogen and oxygen atoms in total. The number of carboxylic acid groups (broad SMARTS) is 2. The van der Waals surface area contributed by atoms with Crippen LogP contribution in [0.5, 0.6) is 0 Å². The zero-order chi connectivity index (χ0) is 23.4. The Labute approximate surface area is 173 Å². The van der Waals surface area contributed by atoms with E-state index in [9.17, 15) is 29.1 Å². The van der Waals surface area contributed by atoms with Crippen LogP contribution in [0.25, 0.3) is 0 Å². The molecular formula is C17H31N5O8. The second-order valence-electron chi connectivity index (χ2n) is 6.85. The first-order chi connectivity index (χ1) is 13.9. The summed E-state index contributed by atoms with van der Waals surface area (Å²) in [6.07, 6.45) is -0.639. The molecule has 0 spiro atoms. The fraction of sp³-hybridized carbons (Fsp3) is 0.706. The third-order valence-corrected chi connectivity index (χ3v) is 4.12. The van der Waals surface area contributed by atoms with Crippen molar-refractivity contribution >= 4 is 29.7 Å². The molecule has 0 heterocycles. The maximum absolute atomic E-state index is 12.3. The zero-order valence-electron chi connectivity index (χ0n) is 17.0. The second kappa shape index (κ2) is 13.5. The van der Waals surface area contributed by atoms with Gasteiger partial charge in [-0.3, -0.25) is 19.2 Å². The van der Waals surface area contributed by atoms with Gasteiger partial charge >= 0.3 is 11.9 Å². The molecule has 0 aliphatic heterocycles. The lowest BCUT2D eigenvalue weighted by molar-refractivity contribution is -0.146. The van der Waals surface area contributed by atoms with Crippen molar-refractivity contribution in [2.45, 2.75) is 69.8 Å². The van der Waals surface area contributed by atoms with Crippen LogP contribution in [-0.4, -0.2) is 81.8 Å². The van der Waals surface area contributed by atoms with E-state index in [1.54, 1.807) is 0 Å². The van der Waals surface area contributed by atoms with Gasteiger partial charge in [-0.25, -0.2) is 4.79 Å². The molecule has 3 amide bonds. The summed E-state index contributed by atoms with van der Waals surface area (Å²) >= 11 is 0. The molecule has 13 heteroatoms. The van der Waals surface area contributed by atoms with Crippen molar-refractivity contribution in [1.29, 1.82) is 0 Å². The number of hydrogen-bond donors (Lipinski definition) is 8. The number of nitrogens with one attached hydrogen (secondary N) is 3. The summed E-state index contributed by atoms with van der Waals surface area (Å²) < 4.78 is 0. The summed E-state index contributed by atoms with van der Waals surface area (Å²) in [5.74, 6) is -5.56. The number of nitrogens with two attached hydrogens (primary N) is 2. The van der Waals surface area contributed by atoms with E-state index in [0.717, 1.165) is 6.92 Å². The summed E-state index contributed by atoms with van der Waals surface area (Å²) in [7, 11) is 0.